The predicted octanol–water partition coefficient (Wildman–Crippen LogP) is 1.53. The first-order valence-electron chi connectivity index (χ1n) is 6.86. The Balaban J connectivity index is 2.58. The zero-order valence-electron chi connectivity index (χ0n) is 12.6. The molecule has 1 N–H and O–H groups in total. The Morgan fingerprint density at radius 1 is 1.09 bits per heavy atom. The fourth-order valence-electron chi connectivity index (χ4n) is 1.69. The lowest BCUT2D eigenvalue weighted by Crippen LogP contribution is -2.30. The molecule has 1 aromatic rings. The van der Waals surface area contributed by atoms with Crippen LogP contribution < -0.4 is 5.32 Å². The van der Waals surface area contributed by atoms with E-state index in [1.807, 2.05) is 30.3 Å². The molecule has 0 fully saturated rings. The van der Waals surface area contributed by atoms with E-state index in [9.17, 15) is 14.4 Å². The summed E-state index contributed by atoms with van der Waals surface area (Å²) in [6, 6.07) is 8.70. The van der Waals surface area contributed by atoms with Crippen molar-refractivity contribution in [2.24, 2.45) is 0 Å². The van der Waals surface area contributed by atoms with E-state index in [0.29, 0.717) is 0 Å². The number of rotatable bonds is 7. The van der Waals surface area contributed by atoms with E-state index in [0.717, 1.165) is 17.7 Å². The van der Waals surface area contributed by atoms with Crippen LogP contribution in [0.25, 0.3) is 0 Å². The summed E-state index contributed by atoms with van der Waals surface area (Å²) in [5.41, 5.74) is 0.819. The van der Waals surface area contributed by atoms with Crippen LogP contribution >= 0.6 is 0 Å². The van der Waals surface area contributed by atoms with E-state index < -0.39 is 18.0 Å². The molecule has 6 nitrogen and oxygen atoms in total. The third-order valence-corrected chi connectivity index (χ3v) is 2.61. The van der Waals surface area contributed by atoms with E-state index >= 15 is 0 Å². The molecule has 0 spiro atoms. The maximum atomic E-state index is 11.5. The predicted molar refractivity (Wildman–Crippen MR) is 79.7 cm³/mol. The van der Waals surface area contributed by atoms with Crippen molar-refractivity contribution < 1.29 is 23.9 Å². The molecule has 0 radical (unpaired) electrons. The van der Waals surface area contributed by atoms with Gasteiger partial charge in [0.15, 0.2) is 0 Å². The van der Waals surface area contributed by atoms with Gasteiger partial charge in [0.25, 0.3) is 0 Å². The monoisotopic (exact) mass is 305 g/mol. The van der Waals surface area contributed by atoms with Gasteiger partial charge < -0.3 is 14.8 Å². The van der Waals surface area contributed by atoms with Crippen LogP contribution in [0.2, 0.25) is 0 Å². The Kier molecular flexibility index (Phi) is 7.39. The van der Waals surface area contributed by atoms with Crippen molar-refractivity contribution in [2.45, 2.75) is 19.9 Å². The van der Waals surface area contributed by atoms with E-state index in [1.165, 1.54) is 6.92 Å². The summed E-state index contributed by atoms with van der Waals surface area (Å²) in [6.45, 7) is 3.26. The van der Waals surface area contributed by atoms with E-state index in [-0.39, 0.29) is 19.1 Å². The number of benzene rings is 1. The Morgan fingerprint density at radius 2 is 1.68 bits per heavy atom. The van der Waals surface area contributed by atoms with Crippen molar-refractivity contribution in [3.8, 4) is 0 Å². The molecule has 0 aliphatic rings. The maximum absolute atomic E-state index is 11.5. The topological polar surface area (TPSA) is 81.7 Å². The smallest absolute Gasteiger partial charge is 0.331 e. The molecule has 1 amide bonds. The molecule has 0 unspecified atom stereocenters. The van der Waals surface area contributed by atoms with Gasteiger partial charge in [-0.05, 0) is 12.5 Å². The minimum atomic E-state index is -0.681. The van der Waals surface area contributed by atoms with Gasteiger partial charge in [-0.25, -0.2) is 9.59 Å². The first kappa shape index (κ1) is 17.4. The quantitative estimate of drug-likeness (QED) is 0.610. The molecule has 0 aliphatic heterocycles. The van der Waals surface area contributed by atoms with Gasteiger partial charge in [-0.2, -0.15) is 0 Å². The lowest BCUT2D eigenvalue weighted by atomic mass is 10.1. The van der Waals surface area contributed by atoms with Gasteiger partial charge in [0, 0.05) is 19.1 Å². The Morgan fingerprint density at radius 3 is 2.23 bits per heavy atom. The average Bonchev–Trinajstić information content (AvgIpc) is 2.50. The molecule has 1 atom stereocenters. The standard InChI is InChI=1S/C16H19NO5/c1-3-21-15(19)9-10-16(20)22-11-14(17-12(2)18)13-7-5-4-6-8-13/h4-10,14H,3,11H2,1-2H3,(H,17,18)/b10-9+/t14-/m0/s1. The SMILES string of the molecule is CCOC(=O)/C=C/C(=O)OC[C@H](NC(C)=O)c1ccccc1. The van der Waals surface area contributed by atoms with Gasteiger partial charge in [0.2, 0.25) is 5.91 Å². The second-order valence-electron chi connectivity index (χ2n) is 4.38. The van der Waals surface area contributed by atoms with Crippen LogP contribution in [0, 0.1) is 0 Å². The third kappa shape index (κ3) is 6.69. The number of ether oxygens (including phenoxy) is 2. The molecule has 0 heterocycles. The summed E-state index contributed by atoms with van der Waals surface area (Å²) in [4.78, 5) is 33.9. The Labute approximate surface area is 129 Å². The van der Waals surface area contributed by atoms with Gasteiger partial charge in [-0.1, -0.05) is 30.3 Å². The molecule has 0 aromatic heterocycles. The minimum absolute atomic E-state index is 0.0322. The molecule has 0 saturated heterocycles. The van der Waals surface area contributed by atoms with Crippen molar-refractivity contribution in [2.75, 3.05) is 13.2 Å². The molecule has 0 bridgehead atoms. The molecular formula is C16H19NO5. The van der Waals surface area contributed by atoms with Crippen molar-refractivity contribution in [3.05, 3.63) is 48.0 Å². The van der Waals surface area contributed by atoms with Crippen LogP contribution in [0.5, 0.6) is 0 Å². The molecular weight excluding hydrogens is 286 g/mol. The van der Waals surface area contributed by atoms with Crippen LogP contribution in [0.1, 0.15) is 25.5 Å². The van der Waals surface area contributed by atoms with Crippen LogP contribution in [0.3, 0.4) is 0 Å². The highest BCUT2D eigenvalue weighted by atomic mass is 16.5. The summed E-state index contributed by atoms with van der Waals surface area (Å²) in [6.07, 6.45) is 2.00. The highest BCUT2D eigenvalue weighted by Gasteiger charge is 2.14. The number of nitrogens with one attached hydrogen (secondary N) is 1. The molecule has 118 valence electrons. The molecule has 1 aromatic carbocycles. The van der Waals surface area contributed by atoms with Crippen molar-refractivity contribution in [1.29, 1.82) is 0 Å². The second kappa shape index (κ2) is 9.33. The summed E-state index contributed by atoms with van der Waals surface area (Å²) in [7, 11) is 0. The highest BCUT2D eigenvalue weighted by Crippen LogP contribution is 2.13. The normalized spacial score (nSPS) is 11.7. The third-order valence-electron chi connectivity index (χ3n) is 2.61. The second-order valence-corrected chi connectivity index (χ2v) is 4.38. The molecule has 0 saturated carbocycles. The van der Waals surface area contributed by atoms with Crippen LogP contribution in [0.4, 0.5) is 0 Å². The highest BCUT2D eigenvalue weighted by molar-refractivity contribution is 5.91. The van der Waals surface area contributed by atoms with Crippen molar-refractivity contribution in [3.63, 3.8) is 0 Å². The van der Waals surface area contributed by atoms with Gasteiger partial charge in [0.05, 0.1) is 12.6 Å². The van der Waals surface area contributed by atoms with E-state index in [2.05, 4.69) is 10.1 Å². The van der Waals surface area contributed by atoms with Crippen LogP contribution in [-0.4, -0.2) is 31.1 Å². The largest absolute Gasteiger partial charge is 0.463 e. The lowest BCUT2D eigenvalue weighted by molar-refractivity contribution is -0.141. The fraction of sp³-hybridized carbons (Fsp3) is 0.312. The number of amides is 1. The zero-order chi connectivity index (χ0) is 16.4. The summed E-state index contributed by atoms with van der Waals surface area (Å²) >= 11 is 0. The number of hydrogen-bond acceptors (Lipinski definition) is 5. The first-order valence-corrected chi connectivity index (χ1v) is 6.86. The maximum Gasteiger partial charge on any atom is 0.331 e. The average molecular weight is 305 g/mol. The summed E-state index contributed by atoms with van der Waals surface area (Å²) in [5, 5.41) is 2.70. The van der Waals surface area contributed by atoms with Crippen LogP contribution in [0.15, 0.2) is 42.5 Å². The Bertz CT molecular complexity index is 539. The van der Waals surface area contributed by atoms with Gasteiger partial charge in [0.1, 0.15) is 6.61 Å². The van der Waals surface area contributed by atoms with Gasteiger partial charge >= 0.3 is 11.9 Å². The molecule has 0 aliphatic carbocycles. The molecule has 22 heavy (non-hydrogen) atoms. The lowest BCUT2D eigenvalue weighted by Gasteiger charge is -2.17. The molecule has 1 rings (SSSR count). The first-order chi connectivity index (χ1) is 10.5. The number of esters is 2. The van der Waals surface area contributed by atoms with Gasteiger partial charge in [-0.15, -0.1) is 0 Å². The number of hydrogen-bond donors (Lipinski definition) is 1. The van der Waals surface area contributed by atoms with Crippen LogP contribution in [-0.2, 0) is 23.9 Å². The zero-order valence-corrected chi connectivity index (χ0v) is 12.6. The Hall–Kier alpha value is -2.63. The number of carbonyl (C=O) groups excluding carboxylic acids is 3. The van der Waals surface area contributed by atoms with Crippen molar-refractivity contribution >= 4 is 17.8 Å². The van der Waals surface area contributed by atoms with Crippen molar-refractivity contribution in [1.82, 2.24) is 5.32 Å². The minimum Gasteiger partial charge on any atom is -0.463 e. The fourth-order valence-corrected chi connectivity index (χ4v) is 1.69. The number of carbonyl (C=O) groups is 3. The summed E-state index contributed by atoms with van der Waals surface area (Å²) < 4.78 is 9.69. The van der Waals surface area contributed by atoms with Gasteiger partial charge in [-0.3, -0.25) is 4.79 Å². The van der Waals surface area contributed by atoms with E-state index in [4.69, 9.17) is 4.74 Å². The summed E-state index contributed by atoms with van der Waals surface area (Å²) in [5.74, 6) is -1.52. The molecule has 6 heteroatoms. The van der Waals surface area contributed by atoms with E-state index in [1.54, 1.807) is 6.92 Å².